The summed E-state index contributed by atoms with van der Waals surface area (Å²) in [5.41, 5.74) is 0.641. The van der Waals surface area contributed by atoms with Gasteiger partial charge in [0.2, 0.25) is 9.84 Å². The molecule has 0 aromatic heterocycles. The number of nitrogens with zero attached hydrogens (tertiary/aromatic N) is 1. The minimum absolute atomic E-state index is 0.0192. The van der Waals surface area contributed by atoms with Crippen molar-refractivity contribution in [3.05, 3.63) is 94.5 Å². The van der Waals surface area contributed by atoms with Crippen LogP contribution in [0.15, 0.2) is 82.6 Å². The average Bonchev–Trinajstić information content (AvgIpc) is 2.97. The predicted octanol–water partition coefficient (Wildman–Crippen LogP) is 4.98. The second-order valence-electron chi connectivity index (χ2n) is 10.9. The highest BCUT2D eigenvalue weighted by Gasteiger charge is 2.25. The number of sulfone groups is 1. The van der Waals surface area contributed by atoms with E-state index in [2.05, 4.69) is 5.32 Å². The molecule has 3 aromatic carbocycles. The number of esters is 1. The third kappa shape index (κ3) is 10.1. The molecule has 0 aliphatic carbocycles. The van der Waals surface area contributed by atoms with Gasteiger partial charge in [0.1, 0.15) is 12.1 Å². The number of amides is 2. The largest absolute Gasteiger partial charge is 0.465 e. The van der Waals surface area contributed by atoms with Crippen molar-refractivity contribution in [2.75, 3.05) is 26.2 Å². The molecule has 236 valence electrons. The van der Waals surface area contributed by atoms with Crippen LogP contribution in [0, 0.1) is 0 Å². The van der Waals surface area contributed by atoms with E-state index in [0.717, 1.165) is 5.56 Å². The summed E-state index contributed by atoms with van der Waals surface area (Å²) >= 11 is 6.06. The monoisotopic (exact) mass is 644 g/mol. The zero-order chi connectivity index (χ0) is 32.5. The van der Waals surface area contributed by atoms with E-state index < -0.39 is 39.5 Å². The molecular formula is C32H37ClN2O8S. The van der Waals surface area contributed by atoms with Gasteiger partial charge in [-0.25, -0.2) is 13.2 Å². The minimum Gasteiger partial charge on any atom is -0.465 e. The summed E-state index contributed by atoms with van der Waals surface area (Å²) < 4.78 is 37.0. The van der Waals surface area contributed by atoms with Crippen LogP contribution >= 0.6 is 11.6 Å². The molecule has 0 aliphatic heterocycles. The maximum absolute atomic E-state index is 13.3. The highest BCUT2D eigenvalue weighted by atomic mass is 35.5. The van der Waals surface area contributed by atoms with E-state index in [4.69, 9.17) is 21.1 Å². The van der Waals surface area contributed by atoms with E-state index in [-0.39, 0.29) is 41.6 Å². The normalized spacial score (nSPS) is 12.2. The van der Waals surface area contributed by atoms with Crippen LogP contribution in [0.1, 0.15) is 55.3 Å². The summed E-state index contributed by atoms with van der Waals surface area (Å²) in [6.45, 7) is 6.90. The lowest BCUT2D eigenvalue weighted by atomic mass is 10.1. The number of rotatable bonds is 12. The molecular weight excluding hydrogens is 608 g/mol. The maximum Gasteiger partial charge on any atom is 0.410 e. The van der Waals surface area contributed by atoms with Crippen LogP contribution in [-0.2, 0) is 30.5 Å². The van der Waals surface area contributed by atoms with Crippen LogP contribution in [0.25, 0.3) is 0 Å². The zero-order valence-corrected chi connectivity index (χ0v) is 26.7. The van der Waals surface area contributed by atoms with Crippen LogP contribution in [-0.4, -0.2) is 68.2 Å². The number of aliphatic hydroxyl groups is 1. The Morgan fingerprint density at radius 2 is 1.66 bits per heavy atom. The maximum atomic E-state index is 13.3. The fraction of sp³-hybridized carbons (Fsp3) is 0.344. The van der Waals surface area contributed by atoms with Gasteiger partial charge in [-0.3, -0.25) is 9.59 Å². The van der Waals surface area contributed by atoms with Crippen LogP contribution in [0.3, 0.4) is 0 Å². The fourth-order valence-electron chi connectivity index (χ4n) is 4.12. The summed E-state index contributed by atoms with van der Waals surface area (Å²) in [7, 11) is -3.97. The molecule has 3 rings (SSSR count). The Labute approximate surface area is 262 Å². The lowest BCUT2D eigenvalue weighted by molar-refractivity contribution is -0.141. The van der Waals surface area contributed by atoms with Gasteiger partial charge in [0, 0.05) is 17.1 Å². The minimum atomic E-state index is -3.97. The molecule has 2 amide bonds. The van der Waals surface area contributed by atoms with Crippen LogP contribution in [0.4, 0.5) is 4.79 Å². The summed E-state index contributed by atoms with van der Waals surface area (Å²) in [6.07, 6.45) is -1.24. The first kappa shape index (κ1) is 34.6. The summed E-state index contributed by atoms with van der Waals surface area (Å²) in [5, 5.41) is 13.7. The number of halogens is 1. The lowest BCUT2D eigenvalue weighted by Crippen LogP contribution is -2.40. The van der Waals surface area contributed by atoms with Crippen molar-refractivity contribution in [3.8, 4) is 0 Å². The number of hydrogen-bond acceptors (Lipinski definition) is 8. The summed E-state index contributed by atoms with van der Waals surface area (Å²) in [5.74, 6) is -1.21. The van der Waals surface area contributed by atoms with Crippen LogP contribution < -0.4 is 5.32 Å². The van der Waals surface area contributed by atoms with Crippen LogP contribution in [0.5, 0.6) is 0 Å². The van der Waals surface area contributed by atoms with Gasteiger partial charge in [0.05, 0.1) is 29.0 Å². The fourth-order valence-corrected chi connectivity index (χ4v) is 5.62. The van der Waals surface area contributed by atoms with Crippen molar-refractivity contribution in [3.63, 3.8) is 0 Å². The molecule has 0 bridgehead atoms. The van der Waals surface area contributed by atoms with Gasteiger partial charge >= 0.3 is 12.1 Å². The van der Waals surface area contributed by atoms with Crippen molar-refractivity contribution < 1.29 is 37.4 Å². The third-order valence-corrected chi connectivity index (χ3v) is 8.29. The molecule has 3 aromatic rings. The Hall–Kier alpha value is -3.93. The third-order valence-electron chi connectivity index (χ3n) is 6.29. The highest BCUT2D eigenvalue weighted by Crippen LogP contribution is 2.24. The first-order valence-electron chi connectivity index (χ1n) is 14.0. The number of aliphatic hydroxyl groups excluding tert-OH is 1. The quantitative estimate of drug-likeness (QED) is 0.263. The van der Waals surface area contributed by atoms with Gasteiger partial charge in [-0.05, 0) is 87.7 Å². The molecule has 0 heterocycles. The SMILES string of the molecule is CCOC(=O)CNC(=O)c1cccc(S(=O)(=O)c2ccc(CCN(C[C@H](O)c3cccc(Cl)c3)C(=O)OC(C)(C)C)cc2)c1. The zero-order valence-electron chi connectivity index (χ0n) is 25.1. The van der Waals surface area contributed by atoms with E-state index in [1.54, 1.807) is 64.1 Å². The van der Waals surface area contributed by atoms with Crippen molar-refractivity contribution in [1.29, 1.82) is 0 Å². The van der Waals surface area contributed by atoms with Gasteiger partial charge in [-0.15, -0.1) is 0 Å². The van der Waals surface area contributed by atoms with Gasteiger partial charge in [0.15, 0.2) is 0 Å². The van der Waals surface area contributed by atoms with Crippen molar-refractivity contribution in [1.82, 2.24) is 10.2 Å². The number of hydrogen-bond donors (Lipinski definition) is 2. The molecule has 12 heteroatoms. The van der Waals surface area contributed by atoms with Gasteiger partial charge in [0.25, 0.3) is 5.91 Å². The average molecular weight is 645 g/mol. The summed E-state index contributed by atoms with van der Waals surface area (Å²) in [6, 6.07) is 18.5. The summed E-state index contributed by atoms with van der Waals surface area (Å²) in [4.78, 5) is 38.3. The molecule has 0 spiro atoms. The van der Waals surface area contributed by atoms with Gasteiger partial charge in [-0.2, -0.15) is 0 Å². The number of carbonyl (C=O) groups is 3. The Morgan fingerprint density at radius 3 is 2.30 bits per heavy atom. The van der Waals surface area contributed by atoms with Crippen molar-refractivity contribution >= 4 is 39.4 Å². The lowest BCUT2D eigenvalue weighted by Gasteiger charge is -2.29. The molecule has 0 fully saturated rings. The molecule has 0 aliphatic rings. The highest BCUT2D eigenvalue weighted by molar-refractivity contribution is 7.91. The van der Waals surface area contributed by atoms with Gasteiger partial charge < -0.3 is 24.8 Å². The Kier molecular flexibility index (Phi) is 11.9. The second kappa shape index (κ2) is 15.2. The smallest absolute Gasteiger partial charge is 0.410 e. The van der Waals surface area contributed by atoms with E-state index in [1.165, 1.54) is 41.3 Å². The Balaban J connectivity index is 1.72. The molecule has 0 radical (unpaired) electrons. The van der Waals surface area contributed by atoms with Crippen molar-refractivity contribution in [2.24, 2.45) is 0 Å². The molecule has 0 saturated carbocycles. The van der Waals surface area contributed by atoms with E-state index in [1.807, 2.05) is 0 Å². The Bertz CT molecular complexity index is 1570. The predicted molar refractivity (Wildman–Crippen MR) is 165 cm³/mol. The first-order chi connectivity index (χ1) is 20.7. The number of nitrogens with one attached hydrogen (secondary N) is 1. The number of carbonyl (C=O) groups excluding carboxylic acids is 3. The molecule has 2 N–H and O–H groups in total. The number of benzene rings is 3. The van der Waals surface area contributed by atoms with Gasteiger partial charge in [-0.1, -0.05) is 41.9 Å². The molecule has 10 nitrogen and oxygen atoms in total. The van der Waals surface area contributed by atoms with E-state index >= 15 is 0 Å². The standard InChI is InChI=1S/C32H37ClN2O8S/c1-5-42-29(37)20-34-30(38)24-9-7-11-27(19-24)44(40,41)26-14-12-22(13-15-26)16-17-35(31(39)43-32(2,3)4)21-28(36)23-8-6-10-25(33)18-23/h6-15,18-19,28,36H,5,16-17,20-21H2,1-4H3,(H,34,38)/t28-/m0/s1. The Morgan fingerprint density at radius 1 is 0.977 bits per heavy atom. The molecule has 44 heavy (non-hydrogen) atoms. The molecule has 1 atom stereocenters. The van der Waals surface area contributed by atoms with E-state index in [9.17, 15) is 27.9 Å². The molecule has 0 saturated heterocycles. The topological polar surface area (TPSA) is 139 Å². The number of ether oxygens (including phenoxy) is 2. The van der Waals surface area contributed by atoms with Crippen molar-refractivity contribution in [2.45, 2.75) is 55.6 Å². The molecule has 0 unspecified atom stereocenters. The second-order valence-corrected chi connectivity index (χ2v) is 13.3. The van der Waals surface area contributed by atoms with Crippen LogP contribution in [0.2, 0.25) is 5.02 Å². The van der Waals surface area contributed by atoms with E-state index in [0.29, 0.717) is 17.0 Å². The first-order valence-corrected chi connectivity index (χ1v) is 15.8.